The molecule has 0 saturated heterocycles. The van der Waals surface area contributed by atoms with Crippen molar-refractivity contribution in [3.05, 3.63) is 264 Å². The second-order valence-electron chi connectivity index (χ2n) is 19.7. The van der Waals surface area contributed by atoms with Crippen molar-refractivity contribution >= 4 is 10.1 Å². The number of aromatic nitrogens is 4. The van der Waals surface area contributed by atoms with Gasteiger partial charge in [0.15, 0.2) is 0 Å². The Bertz CT molecular complexity index is 4000. The molecule has 2 fully saturated rings. The van der Waals surface area contributed by atoms with E-state index in [9.17, 15) is 13.2 Å². The summed E-state index contributed by atoms with van der Waals surface area (Å²) in [6, 6.07) is 66.2. The third kappa shape index (κ3) is 24.9. The maximum Gasteiger partial charge on any atom is 0.522 e. The van der Waals surface area contributed by atoms with Crippen LogP contribution in [0.3, 0.4) is 0 Å². The van der Waals surface area contributed by atoms with Gasteiger partial charge in [0.2, 0.25) is 0 Å². The van der Waals surface area contributed by atoms with E-state index >= 15 is 0 Å². The smallest absolute Gasteiger partial charge is 0.400 e. The summed E-state index contributed by atoms with van der Waals surface area (Å²) in [4.78, 5) is 17.1. The van der Waals surface area contributed by atoms with Gasteiger partial charge in [-0.05, 0) is 118 Å². The van der Waals surface area contributed by atoms with Crippen molar-refractivity contribution in [3.8, 4) is 67.3 Å². The van der Waals surface area contributed by atoms with Gasteiger partial charge in [-0.3, -0.25) is 9.54 Å². The first-order chi connectivity index (χ1) is 48.9. The number of aryl methyl sites for hydroxylation is 4. The topological polar surface area (TPSA) is 146 Å². The van der Waals surface area contributed by atoms with E-state index in [0.717, 1.165) is 121 Å². The molecule has 0 atom stereocenters. The van der Waals surface area contributed by atoms with Crippen LogP contribution < -0.4 is 0 Å². The Morgan fingerprint density at radius 3 is 1.23 bits per heavy atom. The molecule has 90 heavy (non-hydrogen) atoms. The van der Waals surface area contributed by atoms with Crippen LogP contribution in [0.4, 0.5) is 13.2 Å². The fraction of sp³-hybridized carbons (Fsp3) is 0.253. The molecule has 476 valence electrons. The van der Waals surface area contributed by atoms with Crippen LogP contribution in [0.25, 0.3) is 67.3 Å². The summed E-state index contributed by atoms with van der Waals surface area (Å²) in [6.07, 6.45) is 12.4. The molecule has 10 aromatic rings. The molecule has 4 heterocycles. The van der Waals surface area contributed by atoms with E-state index in [4.69, 9.17) is 45.1 Å². The molecule has 2 radical (unpaired) electrons. The third-order valence-electron chi connectivity index (χ3n) is 13.5. The summed E-state index contributed by atoms with van der Waals surface area (Å²) >= 11 is 0. The Kier molecular flexibility index (Phi) is 23.3. The van der Waals surface area contributed by atoms with Gasteiger partial charge in [-0.2, -0.15) is 21.6 Å². The number of nitrogens with zero attached hydrogens (tertiary/aromatic N) is 4. The number of rotatable bonds is 10. The maximum absolute atomic E-state index is 10.7. The molecule has 3 N–H and O–H groups in total. The van der Waals surface area contributed by atoms with Crippen LogP contribution in [0, 0.1) is 57.4 Å². The number of alkyl halides is 3. The van der Waals surface area contributed by atoms with Gasteiger partial charge in [0.25, 0.3) is 0 Å². The molecule has 0 spiro atoms. The van der Waals surface area contributed by atoms with Gasteiger partial charge < -0.3 is 25.2 Å². The third-order valence-corrected chi connectivity index (χ3v) is 14.0. The van der Waals surface area contributed by atoms with E-state index in [2.05, 4.69) is 62.4 Å². The Balaban J connectivity index is 0.000000284. The van der Waals surface area contributed by atoms with Crippen molar-refractivity contribution in [3.63, 3.8) is 0 Å². The van der Waals surface area contributed by atoms with Gasteiger partial charge in [-0.25, -0.2) is 0 Å². The molecule has 0 amide bonds. The van der Waals surface area contributed by atoms with Crippen LogP contribution in [0.15, 0.2) is 213 Å². The predicted molar refractivity (Wildman–Crippen MR) is 350 cm³/mol. The summed E-state index contributed by atoms with van der Waals surface area (Å²) in [6.45, 7) is -8.68. The first kappa shape index (κ1) is 53.5. The molecule has 0 bridgehead atoms. The molecule has 15 heteroatoms. The Labute approximate surface area is 580 Å². The number of hydrogen-bond acceptors (Lipinski definition) is 8. The first-order valence-corrected chi connectivity index (χ1v) is 29.4. The van der Waals surface area contributed by atoms with Gasteiger partial charge in [0.05, 0.1) is 5.69 Å². The van der Waals surface area contributed by atoms with E-state index in [0.29, 0.717) is 22.5 Å². The SMILES string of the molecule is CO.CO.O=S(=O)(O)C(F)(F)F.[2H]C([2H])([2H])c1c[c-]c(-c2ccc(C([2H])([2H])[2H])cn2)cc1.[2H]C([2H])([2H])c1c[c-]c(-c2ccc(C([2H])([2H])[2H])cn2)cc1.[2H]C([2H])(c1ccc(-c2ccnc(-c3[c-]cccc3)c2)cc1)C1CCCC1.[2H]C([2H])(c1ccc(-c2ccnc(-c3ccccc3)c2)cc1)C1CCCC1.[Ir].[Ir]. The zero-order valence-corrected chi connectivity index (χ0v) is 54.8. The average molecular weight is 1610 g/mol. The van der Waals surface area contributed by atoms with Crippen molar-refractivity contribution in [2.75, 3.05) is 14.2 Å². The number of halogens is 3. The number of aliphatic hydroxyl groups excluding tert-OH is 2. The monoisotopic (exact) mass is 1610 g/mol. The first-order valence-electron chi connectivity index (χ1n) is 36.0. The van der Waals surface area contributed by atoms with Crippen LogP contribution in [0.5, 0.6) is 0 Å². The Morgan fingerprint density at radius 1 is 0.467 bits per heavy atom. The second-order valence-corrected chi connectivity index (χ2v) is 21.1. The predicted octanol–water partition coefficient (Wildman–Crippen LogP) is 18.0. The fourth-order valence-corrected chi connectivity index (χ4v) is 9.09. The van der Waals surface area contributed by atoms with Crippen molar-refractivity contribution < 1.29 is 98.5 Å². The molecular formula is C75H78F3Ir2N4O5S-3. The number of pyridine rings is 4. The van der Waals surface area contributed by atoms with Crippen molar-refractivity contribution in [1.82, 2.24) is 19.9 Å². The van der Waals surface area contributed by atoms with Crippen molar-refractivity contribution in [1.29, 1.82) is 0 Å². The molecule has 0 unspecified atom stereocenters. The zero-order valence-electron chi connectivity index (χ0n) is 65.2. The Hall–Kier alpha value is -7.16. The minimum Gasteiger partial charge on any atom is -0.400 e. The molecule has 2 aliphatic rings. The number of benzene rings is 6. The molecule has 6 aromatic carbocycles. The second kappa shape index (κ2) is 39.2. The minimum atomic E-state index is -5.84. The van der Waals surface area contributed by atoms with E-state index in [1.807, 2.05) is 116 Å². The van der Waals surface area contributed by atoms with Gasteiger partial charge in [0.1, 0.15) is 0 Å². The van der Waals surface area contributed by atoms with E-state index < -0.39 is 55.8 Å². The summed E-state index contributed by atoms with van der Waals surface area (Å²) in [7, 11) is -3.84. The molecule has 12 rings (SSSR count). The van der Waals surface area contributed by atoms with Crippen LogP contribution >= 0.6 is 0 Å². The van der Waals surface area contributed by atoms with Crippen LogP contribution in [-0.2, 0) is 63.1 Å². The van der Waals surface area contributed by atoms with E-state index in [1.54, 1.807) is 24.3 Å². The quantitative estimate of drug-likeness (QED) is 0.0692. The van der Waals surface area contributed by atoms with E-state index in [1.165, 1.54) is 48.8 Å². The summed E-state index contributed by atoms with van der Waals surface area (Å²) in [5.41, 5.74) is 7.43. The molecule has 2 saturated carbocycles. The average Bonchev–Trinajstić information content (AvgIpc) is 1.33. The van der Waals surface area contributed by atoms with Crippen LogP contribution in [0.1, 0.15) is 107 Å². The van der Waals surface area contributed by atoms with Gasteiger partial charge in [-0.15, -0.1) is 107 Å². The minimum absolute atomic E-state index is 0. The largest absolute Gasteiger partial charge is 0.522 e. The molecule has 0 aliphatic heterocycles. The zero-order chi connectivity index (χ0) is 76.9. The maximum atomic E-state index is 10.7. The molecular weight excluding hydrogens is 1510 g/mol. The summed E-state index contributed by atoms with van der Waals surface area (Å²) in [5, 5.41) is 14.0. The van der Waals surface area contributed by atoms with Crippen molar-refractivity contribution in [2.24, 2.45) is 11.8 Å². The van der Waals surface area contributed by atoms with Gasteiger partial charge in [0, 0.05) is 107 Å². The van der Waals surface area contributed by atoms with E-state index in [-0.39, 0.29) is 74.3 Å². The Morgan fingerprint density at radius 2 is 0.867 bits per heavy atom. The van der Waals surface area contributed by atoms with Crippen molar-refractivity contribution in [2.45, 2.75) is 97.0 Å². The molecule has 9 nitrogen and oxygen atoms in total. The van der Waals surface area contributed by atoms with Gasteiger partial charge in [-0.1, -0.05) is 174 Å². The van der Waals surface area contributed by atoms with Crippen LogP contribution in [0.2, 0.25) is 0 Å². The number of hydrogen-bond donors (Lipinski definition) is 3. The number of aliphatic hydroxyl groups is 2. The molecule has 4 aromatic heterocycles. The summed E-state index contributed by atoms with van der Waals surface area (Å²) in [5.74, 6) is 0.299. The fourth-order valence-electron chi connectivity index (χ4n) is 9.09. The summed E-state index contributed by atoms with van der Waals surface area (Å²) < 4.78 is 179. The van der Waals surface area contributed by atoms with Crippen LogP contribution in [-0.4, -0.2) is 62.8 Å². The standard InChI is InChI=1S/C23H23N.C23H22N.2C13H12N.CHF3O3S.2CH4O.2Ir/c2*1-2-8-21(9-3-1)23-17-22(14-15-24-23)20-12-10-19(11-13-20)16-18-6-4-5-7-18;2*1-10-3-6-12(7-4-10)13-8-5-11(2)9-14-13;2-1(3,4)8(5,6)7;2*1-2;;/h1-3,8-15,17-18H,4-7,16H2;1-3,8,10-15,17-18H,4-7,16H2;2*3-6,8-9H,1-2H3;(H,5,6,7);2*2H,1H3;;/q;3*-1;;;;;/i2*16D2;2*1D3,2D3;;;;;. The normalized spacial score (nSPS) is 16.0. The van der Waals surface area contributed by atoms with Gasteiger partial charge >= 0.3 is 15.6 Å². The molecule has 2 aliphatic carbocycles.